The highest BCUT2D eigenvalue weighted by Gasteiger charge is 2.25. The van der Waals surface area contributed by atoms with Crippen molar-refractivity contribution in [3.63, 3.8) is 0 Å². The monoisotopic (exact) mass is 400 g/mol. The zero-order valence-electron chi connectivity index (χ0n) is 16.3. The van der Waals surface area contributed by atoms with Crippen LogP contribution in [0.3, 0.4) is 0 Å². The summed E-state index contributed by atoms with van der Waals surface area (Å²) < 4.78 is 0. The second-order valence-electron chi connectivity index (χ2n) is 8.22. The average molecular weight is 401 g/mol. The molecule has 0 spiro atoms. The number of benzene rings is 1. The van der Waals surface area contributed by atoms with Gasteiger partial charge in [0.05, 0.1) is 17.5 Å². The van der Waals surface area contributed by atoms with Crippen molar-refractivity contribution in [3.05, 3.63) is 41.0 Å². The van der Waals surface area contributed by atoms with Crippen LogP contribution in [-0.4, -0.2) is 46.7 Å². The summed E-state index contributed by atoms with van der Waals surface area (Å²) in [6.45, 7) is 3.40. The van der Waals surface area contributed by atoms with Gasteiger partial charge in [-0.1, -0.05) is 43.0 Å². The Hall–Kier alpha value is -1.85. The summed E-state index contributed by atoms with van der Waals surface area (Å²) in [6, 6.07) is 7.68. The van der Waals surface area contributed by atoms with E-state index in [2.05, 4.69) is 20.4 Å². The van der Waals surface area contributed by atoms with Gasteiger partial charge < -0.3 is 10.2 Å². The molecule has 2 heterocycles. The zero-order valence-corrected chi connectivity index (χ0v) is 17.0. The molecule has 1 aromatic carbocycles. The summed E-state index contributed by atoms with van der Waals surface area (Å²) in [4.78, 5) is 15.4. The highest BCUT2D eigenvalue weighted by Crippen LogP contribution is 2.26. The molecule has 0 unspecified atom stereocenters. The molecular formula is C22H29ClN4O. The van der Waals surface area contributed by atoms with Crippen LogP contribution < -0.4 is 5.32 Å². The van der Waals surface area contributed by atoms with Gasteiger partial charge in [-0.05, 0) is 43.7 Å². The third-order valence-corrected chi connectivity index (χ3v) is 6.43. The smallest absolute Gasteiger partial charge is 0.255 e. The molecule has 2 aromatic rings. The maximum Gasteiger partial charge on any atom is 0.255 e. The summed E-state index contributed by atoms with van der Waals surface area (Å²) in [5.74, 6) is 0.831. The second-order valence-corrected chi connectivity index (χ2v) is 8.65. The predicted molar refractivity (Wildman–Crippen MR) is 113 cm³/mol. The average Bonchev–Trinajstić information content (AvgIpc) is 3.21. The van der Waals surface area contributed by atoms with Crippen molar-refractivity contribution in [1.29, 1.82) is 0 Å². The summed E-state index contributed by atoms with van der Waals surface area (Å²) in [6.07, 6.45) is 10.7. The number of carbonyl (C=O) groups is 1. The Bertz CT molecular complexity index is 774. The van der Waals surface area contributed by atoms with Crippen LogP contribution in [0.4, 0.5) is 0 Å². The van der Waals surface area contributed by atoms with Gasteiger partial charge in [-0.3, -0.25) is 9.89 Å². The minimum atomic E-state index is -0.0515. The Balaban J connectivity index is 1.30. The van der Waals surface area contributed by atoms with E-state index in [-0.39, 0.29) is 11.9 Å². The van der Waals surface area contributed by atoms with Crippen LogP contribution in [0.15, 0.2) is 30.5 Å². The number of likely N-dealkylation sites (tertiary alicyclic amines) is 1. The highest BCUT2D eigenvalue weighted by atomic mass is 35.5. The maximum atomic E-state index is 12.8. The standard InChI is InChI=1S/C22H29ClN4O/c23-18-8-6-17(7-9-18)21-20(14-24-26-21)22(28)25-19-10-12-27(13-11-19)15-16-4-2-1-3-5-16/h6-9,14,16,19H,1-5,10-13,15H2,(H,24,26)(H,25,28). The van der Waals surface area contributed by atoms with Crippen molar-refractivity contribution in [1.82, 2.24) is 20.4 Å². The summed E-state index contributed by atoms with van der Waals surface area (Å²) in [7, 11) is 0. The van der Waals surface area contributed by atoms with E-state index in [1.54, 1.807) is 6.20 Å². The number of nitrogens with one attached hydrogen (secondary N) is 2. The number of piperidine rings is 1. The molecule has 1 saturated carbocycles. The highest BCUT2D eigenvalue weighted by molar-refractivity contribution is 6.30. The first-order valence-electron chi connectivity index (χ1n) is 10.5. The number of aromatic nitrogens is 2. The number of halogens is 1. The van der Waals surface area contributed by atoms with E-state index >= 15 is 0 Å². The van der Waals surface area contributed by atoms with Crippen LogP contribution in [0.1, 0.15) is 55.3 Å². The second kappa shape index (κ2) is 9.10. The van der Waals surface area contributed by atoms with Crippen LogP contribution in [0.5, 0.6) is 0 Å². The molecule has 2 N–H and O–H groups in total. The lowest BCUT2D eigenvalue weighted by Gasteiger charge is -2.35. The third kappa shape index (κ3) is 4.76. The van der Waals surface area contributed by atoms with E-state index in [9.17, 15) is 4.79 Å². The third-order valence-electron chi connectivity index (χ3n) is 6.18. The van der Waals surface area contributed by atoms with Crippen molar-refractivity contribution in [2.24, 2.45) is 5.92 Å². The molecule has 0 radical (unpaired) electrons. The lowest BCUT2D eigenvalue weighted by molar-refractivity contribution is 0.0902. The number of amides is 1. The lowest BCUT2D eigenvalue weighted by atomic mass is 9.88. The number of hydrogen-bond acceptors (Lipinski definition) is 3. The molecule has 1 aliphatic heterocycles. The molecule has 28 heavy (non-hydrogen) atoms. The molecule has 0 atom stereocenters. The molecule has 1 aromatic heterocycles. The molecule has 150 valence electrons. The fourth-order valence-electron chi connectivity index (χ4n) is 4.55. The van der Waals surface area contributed by atoms with Gasteiger partial charge in [0.1, 0.15) is 0 Å². The maximum absolute atomic E-state index is 12.8. The number of nitrogens with zero attached hydrogens (tertiary/aromatic N) is 2. The molecule has 1 saturated heterocycles. The van der Waals surface area contributed by atoms with E-state index in [1.807, 2.05) is 24.3 Å². The molecule has 4 rings (SSSR count). The SMILES string of the molecule is O=C(NC1CCN(CC2CCCCC2)CC1)c1cn[nH]c1-c1ccc(Cl)cc1. The van der Waals surface area contributed by atoms with E-state index in [0.717, 1.165) is 43.1 Å². The van der Waals surface area contributed by atoms with Gasteiger partial charge in [0.25, 0.3) is 5.91 Å². The van der Waals surface area contributed by atoms with Gasteiger partial charge in [-0.15, -0.1) is 0 Å². The normalized spacial score (nSPS) is 19.6. The summed E-state index contributed by atoms with van der Waals surface area (Å²) in [5, 5.41) is 10.9. The zero-order chi connectivity index (χ0) is 19.3. The van der Waals surface area contributed by atoms with E-state index in [0.29, 0.717) is 10.6 Å². The Kier molecular flexibility index (Phi) is 6.33. The Morgan fingerprint density at radius 3 is 2.54 bits per heavy atom. The van der Waals surface area contributed by atoms with Crippen molar-refractivity contribution >= 4 is 17.5 Å². The Morgan fingerprint density at radius 1 is 1.11 bits per heavy atom. The molecule has 1 aliphatic carbocycles. The molecule has 2 aliphatic rings. The first-order valence-corrected chi connectivity index (χ1v) is 10.9. The van der Waals surface area contributed by atoms with Crippen LogP contribution in [0, 0.1) is 5.92 Å². The van der Waals surface area contributed by atoms with Gasteiger partial charge in [0.15, 0.2) is 0 Å². The molecule has 5 nitrogen and oxygen atoms in total. The van der Waals surface area contributed by atoms with Crippen molar-refractivity contribution < 1.29 is 4.79 Å². The Morgan fingerprint density at radius 2 is 1.82 bits per heavy atom. The lowest BCUT2D eigenvalue weighted by Crippen LogP contribution is -2.46. The van der Waals surface area contributed by atoms with Crippen LogP contribution in [-0.2, 0) is 0 Å². The topological polar surface area (TPSA) is 61.0 Å². The predicted octanol–water partition coefficient (Wildman–Crippen LogP) is 4.50. The molecule has 2 fully saturated rings. The van der Waals surface area contributed by atoms with Crippen LogP contribution >= 0.6 is 11.6 Å². The van der Waals surface area contributed by atoms with Crippen molar-refractivity contribution in [3.8, 4) is 11.3 Å². The fraction of sp³-hybridized carbons (Fsp3) is 0.545. The van der Waals surface area contributed by atoms with Gasteiger partial charge in [0.2, 0.25) is 0 Å². The van der Waals surface area contributed by atoms with Gasteiger partial charge >= 0.3 is 0 Å². The minimum Gasteiger partial charge on any atom is -0.349 e. The largest absolute Gasteiger partial charge is 0.349 e. The quantitative estimate of drug-likeness (QED) is 0.776. The summed E-state index contributed by atoms with van der Waals surface area (Å²) in [5.41, 5.74) is 2.24. The number of hydrogen-bond donors (Lipinski definition) is 2. The molecule has 1 amide bonds. The van der Waals surface area contributed by atoms with Crippen LogP contribution in [0.25, 0.3) is 11.3 Å². The van der Waals surface area contributed by atoms with Gasteiger partial charge in [0, 0.05) is 36.3 Å². The first kappa shape index (κ1) is 19.5. The number of aromatic amines is 1. The number of rotatable bonds is 5. The summed E-state index contributed by atoms with van der Waals surface area (Å²) >= 11 is 5.97. The molecular weight excluding hydrogens is 372 g/mol. The van der Waals surface area contributed by atoms with Crippen molar-refractivity contribution in [2.45, 2.75) is 51.0 Å². The van der Waals surface area contributed by atoms with Crippen molar-refractivity contribution in [2.75, 3.05) is 19.6 Å². The van der Waals surface area contributed by atoms with E-state index in [1.165, 1.54) is 38.6 Å². The first-order chi connectivity index (χ1) is 13.7. The van der Waals surface area contributed by atoms with E-state index < -0.39 is 0 Å². The Labute approximate surface area is 171 Å². The molecule has 6 heteroatoms. The number of H-pyrrole nitrogens is 1. The van der Waals surface area contributed by atoms with E-state index in [4.69, 9.17) is 11.6 Å². The molecule has 0 bridgehead atoms. The minimum absolute atomic E-state index is 0.0515. The number of carbonyl (C=O) groups excluding carboxylic acids is 1. The van der Waals surface area contributed by atoms with Gasteiger partial charge in [-0.2, -0.15) is 5.10 Å². The van der Waals surface area contributed by atoms with Gasteiger partial charge in [-0.25, -0.2) is 0 Å². The van der Waals surface area contributed by atoms with Crippen LogP contribution in [0.2, 0.25) is 5.02 Å². The fourth-order valence-corrected chi connectivity index (χ4v) is 4.68.